The van der Waals surface area contributed by atoms with E-state index in [-0.39, 0.29) is 0 Å². The van der Waals surface area contributed by atoms with E-state index in [1.54, 1.807) is 0 Å². The second kappa shape index (κ2) is 5.05. The number of rotatable bonds is 4. The van der Waals surface area contributed by atoms with Crippen molar-refractivity contribution in [1.29, 1.82) is 0 Å². The average molecular weight is 285 g/mol. The van der Waals surface area contributed by atoms with Crippen LogP contribution in [0.5, 0.6) is 0 Å². The van der Waals surface area contributed by atoms with Gasteiger partial charge in [-0.1, -0.05) is 6.92 Å². The van der Waals surface area contributed by atoms with Crippen LogP contribution >= 0.6 is 0 Å². The fourth-order valence-corrected chi connectivity index (χ4v) is 5.60. The van der Waals surface area contributed by atoms with Gasteiger partial charge < -0.3 is 5.32 Å². The minimum atomic E-state index is 0.321. The summed E-state index contributed by atoms with van der Waals surface area (Å²) < 4.78 is 0. The Labute approximate surface area is 128 Å². The molecule has 0 amide bonds. The van der Waals surface area contributed by atoms with Crippen LogP contribution in [0.25, 0.3) is 0 Å². The molecular formula is C18H27N3. The van der Waals surface area contributed by atoms with Gasteiger partial charge in [0.05, 0.1) is 5.69 Å². The van der Waals surface area contributed by atoms with E-state index in [4.69, 9.17) is 9.97 Å². The van der Waals surface area contributed by atoms with E-state index in [9.17, 15) is 0 Å². The van der Waals surface area contributed by atoms with Crippen LogP contribution in [0.3, 0.4) is 0 Å². The van der Waals surface area contributed by atoms with Gasteiger partial charge in [0.2, 0.25) is 0 Å². The molecule has 3 nitrogen and oxygen atoms in total. The number of nitrogens with zero attached hydrogens (tertiary/aromatic N) is 2. The highest BCUT2D eigenvalue weighted by atomic mass is 15.0. The normalized spacial score (nSPS) is 37.1. The fraction of sp³-hybridized carbons (Fsp3) is 0.778. The maximum Gasteiger partial charge on any atom is 0.135 e. The van der Waals surface area contributed by atoms with Crippen molar-refractivity contribution in [2.24, 2.45) is 17.8 Å². The summed E-state index contributed by atoms with van der Waals surface area (Å²) in [6.45, 7) is 6.14. The van der Waals surface area contributed by atoms with Crippen molar-refractivity contribution in [2.45, 2.75) is 64.3 Å². The molecule has 1 N–H and O–H groups in total. The molecule has 0 aromatic carbocycles. The van der Waals surface area contributed by atoms with E-state index >= 15 is 0 Å². The van der Waals surface area contributed by atoms with Gasteiger partial charge in [-0.25, -0.2) is 9.97 Å². The molecule has 0 saturated heterocycles. The highest BCUT2D eigenvalue weighted by Crippen LogP contribution is 2.60. The van der Waals surface area contributed by atoms with Gasteiger partial charge in [-0.05, 0) is 75.8 Å². The molecular weight excluding hydrogens is 258 g/mol. The first kappa shape index (κ1) is 13.7. The van der Waals surface area contributed by atoms with Crippen LogP contribution in [-0.2, 0) is 12.0 Å². The van der Waals surface area contributed by atoms with Gasteiger partial charge in [0, 0.05) is 17.7 Å². The molecule has 3 heteroatoms. The summed E-state index contributed by atoms with van der Waals surface area (Å²) >= 11 is 0. The largest absolute Gasteiger partial charge is 0.311 e. The van der Waals surface area contributed by atoms with Crippen molar-refractivity contribution in [3.05, 3.63) is 23.3 Å². The second-order valence-corrected chi connectivity index (χ2v) is 7.80. The Morgan fingerprint density at radius 3 is 2.29 bits per heavy atom. The van der Waals surface area contributed by atoms with Crippen LogP contribution in [0.2, 0.25) is 0 Å². The molecule has 1 aromatic heterocycles. The Hall–Kier alpha value is -0.960. The monoisotopic (exact) mass is 285 g/mol. The van der Waals surface area contributed by atoms with Crippen molar-refractivity contribution in [2.75, 3.05) is 6.54 Å². The van der Waals surface area contributed by atoms with Gasteiger partial charge in [0.25, 0.3) is 0 Å². The topological polar surface area (TPSA) is 37.8 Å². The van der Waals surface area contributed by atoms with Crippen LogP contribution in [0.1, 0.15) is 62.7 Å². The molecule has 4 bridgehead atoms. The molecule has 21 heavy (non-hydrogen) atoms. The summed E-state index contributed by atoms with van der Waals surface area (Å²) in [5.74, 6) is 4.04. The first-order valence-corrected chi connectivity index (χ1v) is 8.72. The Bertz CT molecular complexity index is 502. The molecule has 4 aliphatic carbocycles. The summed E-state index contributed by atoms with van der Waals surface area (Å²) in [5, 5.41) is 3.40. The Kier molecular flexibility index (Phi) is 3.29. The first-order valence-electron chi connectivity index (χ1n) is 8.72. The predicted octanol–water partition coefficient (Wildman–Crippen LogP) is 3.36. The lowest BCUT2D eigenvalue weighted by Crippen LogP contribution is -2.49. The third-order valence-electron chi connectivity index (χ3n) is 5.98. The zero-order chi connectivity index (χ0) is 14.4. The number of nitrogens with one attached hydrogen (secondary N) is 1. The lowest BCUT2D eigenvalue weighted by molar-refractivity contribution is -0.00957. The smallest absolute Gasteiger partial charge is 0.135 e. The third-order valence-corrected chi connectivity index (χ3v) is 5.98. The lowest BCUT2D eigenvalue weighted by Gasteiger charge is -2.56. The molecule has 4 saturated carbocycles. The minimum Gasteiger partial charge on any atom is -0.311 e. The van der Waals surface area contributed by atoms with Gasteiger partial charge in [0.1, 0.15) is 5.82 Å². The van der Waals surface area contributed by atoms with Gasteiger partial charge in [0.15, 0.2) is 0 Å². The summed E-state index contributed by atoms with van der Waals surface area (Å²) in [7, 11) is 0. The SMILES string of the molecule is CCNCc1cc(C)nc(C23CC4CC(CC(C4)C2)C3)n1. The standard InChI is InChI=1S/C18H27N3/c1-3-19-11-16-4-12(2)20-17(21-16)18-8-13-5-14(9-18)7-15(6-13)10-18/h4,13-15,19H,3,5-11H2,1-2H3. The van der Waals surface area contributed by atoms with Crippen LogP contribution in [0.4, 0.5) is 0 Å². The quantitative estimate of drug-likeness (QED) is 0.921. The number of aromatic nitrogens is 2. The summed E-state index contributed by atoms with van der Waals surface area (Å²) in [4.78, 5) is 9.88. The van der Waals surface area contributed by atoms with Crippen LogP contribution in [-0.4, -0.2) is 16.5 Å². The maximum atomic E-state index is 4.99. The molecule has 0 atom stereocenters. The van der Waals surface area contributed by atoms with Crippen molar-refractivity contribution in [3.63, 3.8) is 0 Å². The highest BCUT2D eigenvalue weighted by Gasteiger charge is 2.53. The summed E-state index contributed by atoms with van der Waals surface area (Å²) in [6, 6.07) is 2.15. The average Bonchev–Trinajstić information content (AvgIpc) is 2.43. The van der Waals surface area contributed by atoms with Crippen molar-refractivity contribution in [1.82, 2.24) is 15.3 Å². The van der Waals surface area contributed by atoms with Crippen LogP contribution in [0, 0.1) is 24.7 Å². The second-order valence-electron chi connectivity index (χ2n) is 7.80. The molecule has 5 rings (SSSR count). The van der Waals surface area contributed by atoms with E-state index in [1.807, 2.05) is 0 Å². The van der Waals surface area contributed by atoms with Crippen molar-refractivity contribution in [3.8, 4) is 0 Å². The minimum absolute atomic E-state index is 0.321. The zero-order valence-corrected chi connectivity index (χ0v) is 13.4. The summed E-state index contributed by atoms with van der Waals surface area (Å²) in [6.07, 6.45) is 8.50. The Balaban J connectivity index is 1.67. The number of hydrogen-bond acceptors (Lipinski definition) is 3. The number of hydrogen-bond donors (Lipinski definition) is 1. The van der Waals surface area contributed by atoms with Crippen LogP contribution in [0.15, 0.2) is 6.07 Å². The molecule has 0 unspecified atom stereocenters. The predicted molar refractivity (Wildman–Crippen MR) is 84.0 cm³/mol. The highest BCUT2D eigenvalue weighted by molar-refractivity contribution is 5.21. The molecule has 4 fully saturated rings. The molecule has 0 radical (unpaired) electrons. The first-order chi connectivity index (χ1) is 10.2. The van der Waals surface area contributed by atoms with E-state index in [0.29, 0.717) is 5.41 Å². The van der Waals surface area contributed by atoms with Crippen molar-refractivity contribution < 1.29 is 0 Å². The molecule has 0 spiro atoms. The zero-order valence-electron chi connectivity index (χ0n) is 13.4. The van der Waals surface area contributed by atoms with Crippen molar-refractivity contribution >= 4 is 0 Å². The van der Waals surface area contributed by atoms with Gasteiger partial charge in [-0.3, -0.25) is 0 Å². The fourth-order valence-electron chi connectivity index (χ4n) is 5.60. The summed E-state index contributed by atoms with van der Waals surface area (Å²) in [5.41, 5.74) is 2.64. The van der Waals surface area contributed by atoms with Gasteiger partial charge in [-0.2, -0.15) is 0 Å². The van der Waals surface area contributed by atoms with E-state index < -0.39 is 0 Å². The van der Waals surface area contributed by atoms with Crippen LogP contribution < -0.4 is 5.32 Å². The molecule has 114 valence electrons. The van der Waals surface area contributed by atoms with E-state index in [1.165, 1.54) is 50.0 Å². The van der Waals surface area contributed by atoms with Gasteiger partial charge in [-0.15, -0.1) is 0 Å². The Morgan fingerprint density at radius 1 is 1.10 bits per heavy atom. The molecule has 0 aliphatic heterocycles. The van der Waals surface area contributed by atoms with E-state index in [0.717, 1.165) is 36.5 Å². The molecule has 1 heterocycles. The molecule has 4 aliphatic rings. The Morgan fingerprint density at radius 2 is 1.71 bits per heavy atom. The number of aryl methyl sites for hydroxylation is 1. The lowest BCUT2D eigenvalue weighted by atomic mass is 9.49. The maximum absolute atomic E-state index is 4.99. The third kappa shape index (κ3) is 2.40. The van der Waals surface area contributed by atoms with Gasteiger partial charge >= 0.3 is 0 Å². The molecule has 1 aromatic rings. The van der Waals surface area contributed by atoms with E-state index in [2.05, 4.69) is 25.2 Å².